The van der Waals surface area contributed by atoms with Crippen molar-refractivity contribution in [2.24, 2.45) is 5.11 Å². The van der Waals surface area contributed by atoms with E-state index < -0.39 is 54.1 Å². The second-order valence-electron chi connectivity index (χ2n) is 4.87. The maximum Gasteiger partial charge on any atom is 0.303 e. The standard InChI is InChI=1S/C12H16ClN3O8/c1-5(17)21-4-8-10(22-6(2)18)9(15-16-14)11(23-7(3)19)12(13,20)24-8/h8-11,20H,4H2,1-3H3/t8-,9+,10+,11-,12-/m1/s1. The molecule has 0 aromatic carbocycles. The number of aliphatic hydroxyl groups is 1. The predicted octanol–water partition coefficient (Wildman–Crippen LogP) is 0.375. The highest BCUT2D eigenvalue weighted by atomic mass is 35.5. The predicted molar refractivity (Wildman–Crippen MR) is 76.4 cm³/mol. The molecular weight excluding hydrogens is 350 g/mol. The van der Waals surface area contributed by atoms with E-state index in [0.29, 0.717) is 0 Å². The Balaban J connectivity index is 3.23. The molecule has 24 heavy (non-hydrogen) atoms. The van der Waals surface area contributed by atoms with Crippen LogP contribution in [0.5, 0.6) is 0 Å². The first-order valence-corrected chi connectivity index (χ1v) is 7.07. The molecule has 134 valence electrons. The van der Waals surface area contributed by atoms with Crippen molar-refractivity contribution in [3.8, 4) is 0 Å². The smallest absolute Gasteiger partial charge is 0.303 e. The number of halogens is 1. The SMILES string of the molecule is CC(=O)OC[C@H]1O[C@@](O)(Cl)[C@H](OC(C)=O)[C@@H](N=[N+]=[N-])[C@H]1OC(C)=O. The second-order valence-corrected chi connectivity index (χ2v) is 5.41. The fourth-order valence-corrected chi connectivity index (χ4v) is 2.41. The van der Waals surface area contributed by atoms with E-state index in [9.17, 15) is 19.5 Å². The van der Waals surface area contributed by atoms with Crippen molar-refractivity contribution >= 4 is 29.5 Å². The lowest BCUT2D eigenvalue weighted by molar-refractivity contribution is -0.290. The molecule has 0 spiro atoms. The molecule has 0 amide bonds. The topological polar surface area (TPSA) is 157 Å². The van der Waals surface area contributed by atoms with Crippen LogP contribution < -0.4 is 0 Å². The van der Waals surface area contributed by atoms with Crippen LogP contribution in [0.1, 0.15) is 20.8 Å². The molecule has 1 rings (SSSR count). The molecular formula is C12H16ClN3O8. The highest BCUT2D eigenvalue weighted by Crippen LogP contribution is 2.36. The van der Waals surface area contributed by atoms with Gasteiger partial charge in [0.2, 0.25) is 0 Å². The van der Waals surface area contributed by atoms with Crippen molar-refractivity contribution in [3.63, 3.8) is 0 Å². The fourth-order valence-electron chi connectivity index (χ4n) is 2.12. The highest BCUT2D eigenvalue weighted by molar-refractivity contribution is 6.22. The number of esters is 3. The number of hydrogen-bond acceptors (Lipinski definition) is 9. The van der Waals surface area contributed by atoms with Gasteiger partial charge in [0, 0.05) is 25.7 Å². The summed E-state index contributed by atoms with van der Waals surface area (Å²) < 4.78 is 19.8. The van der Waals surface area contributed by atoms with E-state index in [2.05, 4.69) is 10.0 Å². The quantitative estimate of drug-likeness (QED) is 0.183. The Morgan fingerprint density at radius 2 is 1.83 bits per heavy atom. The van der Waals surface area contributed by atoms with Crippen LogP contribution in [-0.2, 0) is 33.3 Å². The van der Waals surface area contributed by atoms with Gasteiger partial charge in [-0.3, -0.25) is 14.4 Å². The van der Waals surface area contributed by atoms with Crippen molar-refractivity contribution in [2.75, 3.05) is 6.61 Å². The summed E-state index contributed by atoms with van der Waals surface area (Å²) in [6.45, 7) is 2.79. The van der Waals surface area contributed by atoms with Gasteiger partial charge < -0.3 is 24.1 Å². The summed E-state index contributed by atoms with van der Waals surface area (Å²) in [6, 6.07) is -1.42. The van der Waals surface area contributed by atoms with Crippen LogP contribution >= 0.6 is 11.6 Å². The molecule has 5 atom stereocenters. The Kier molecular flexibility index (Phi) is 6.79. The molecule has 1 N–H and O–H groups in total. The van der Waals surface area contributed by atoms with E-state index in [4.69, 9.17) is 36.1 Å². The van der Waals surface area contributed by atoms with Crippen LogP contribution in [-0.4, -0.2) is 59.2 Å². The molecule has 0 radical (unpaired) electrons. The number of carbonyl (C=O) groups is 3. The summed E-state index contributed by atoms with van der Waals surface area (Å²) in [5, 5.41) is 11.0. The number of hydrogen-bond donors (Lipinski definition) is 1. The third-order valence-electron chi connectivity index (χ3n) is 2.91. The van der Waals surface area contributed by atoms with E-state index in [1.54, 1.807) is 0 Å². The molecule has 0 bridgehead atoms. The van der Waals surface area contributed by atoms with Crippen molar-refractivity contribution in [3.05, 3.63) is 10.4 Å². The Morgan fingerprint density at radius 1 is 1.25 bits per heavy atom. The lowest BCUT2D eigenvalue weighted by atomic mass is 9.96. The Labute approximate surface area is 141 Å². The molecule has 0 aliphatic carbocycles. The lowest BCUT2D eigenvalue weighted by Crippen LogP contribution is -2.64. The van der Waals surface area contributed by atoms with Gasteiger partial charge in [-0.2, -0.15) is 0 Å². The zero-order chi connectivity index (χ0) is 18.5. The van der Waals surface area contributed by atoms with Crippen LogP contribution in [0.2, 0.25) is 0 Å². The van der Waals surface area contributed by atoms with Crippen molar-refractivity contribution in [1.29, 1.82) is 0 Å². The molecule has 0 aromatic rings. The van der Waals surface area contributed by atoms with E-state index in [-0.39, 0.29) is 0 Å². The monoisotopic (exact) mass is 365 g/mol. The van der Waals surface area contributed by atoms with Gasteiger partial charge in [0.1, 0.15) is 24.9 Å². The minimum Gasteiger partial charge on any atom is -0.463 e. The summed E-state index contributed by atoms with van der Waals surface area (Å²) in [4.78, 5) is 36.1. The van der Waals surface area contributed by atoms with Gasteiger partial charge in [0.15, 0.2) is 6.10 Å². The average molecular weight is 366 g/mol. The van der Waals surface area contributed by atoms with Gasteiger partial charge in [-0.1, -0.05) is 16.7 Å². The molecule has 0 unspecified atom stereocenters. The fraction of sp³-hybridized carbons (Fsp3) is 0.750. The maximum atomic E-state index is 11.3. The lowest BCUT2D eigenvalue weighted by Gasteiger charge is -2.45. The second kappa shape index (κ2) is 8.15. The Bertz CT molecular complexity index is 563. The van der Waals surface area contributed by atoms with E-state index in [0.717, 1.165) is 20.8 Å². The number of ether oxygens (including phenoxy) is 4. The minimum absolute atomic E-state index is 0.452. The van der Waals surface area contributed by atoms with Crippen molar-refractivity contribution in [2.45, 2.75) is 50.4 Å². The summed E-state index contributed by atoms with van der Waals surface area (Å²) in [6.07, 6.45) is -4.24. The summed E-state index contributed by atoms with van der Waals surface area (Å²) >= 11 is 5.82. The van der Waals surface area contributed by atoms with E-state index in [1.165, 1.54) is 0 Å². The van der Waals surface area contributed by atoms with Gasteiger partial charge >= 0.3 is 17.9 Å². The molecule has 0 saturated carbocycles. The van der Waals surface area contributed by atoms with E-state index in [1.807, 2.05) is 0 Å². The average Bonchev–Trinajstić information content (AvgIpc) is 2.43. The van der Waals surface area contributed by atoms with Gasteiger partial charge in [0.05, 0.1) is 0 Å². The molecule has 1 heterocycles. The van der Waals surface area contributed by atoms with Gasteiger partial charge in [-0.15, -0.1) is 0 Å². The summed E-state index contributed by atoms with van der Waals surface area (Å²) in [5.74, 6) is -2.28. The van der Waals surface area contributed by atoms with Crippen molar-refractivity contribution in [1.82, 2.24) is 0 Å². The number of carbonyl (C=O) groups excluding carboxylic acids is 3. The summed E-state index contributed by atoms with van der Waals surface area (Å²) in [7, 11) is 0. The molecule has 1 saturated heterocycles. The van der Waals surface area contributed by atoms with Crippen LogP contribution in [0, 0.1) is 0 Å². The Morgan fingerprint density at radius 3 is 2.29 bits per heavy atom. The molecule has 1 fully saturated rings. The third kappa shape index (κ3) is 5.24. The molecule has 1 aliphatic rings. The van der Waals surface area contributed by atoms with Gasteiger partial charge in [0.25, 0.3) is 5.25 Å². The zero-order valence-corrected chi connectivity index (χ0v) is 13.8. The molecule has 11 nitrogen and oxygen atoms in total. The first kappa shape index (κ1) is 20.0. The number of azide groups is 1. The number of alkyl halides is 1. The summed E-state index contributed by atoms with van der Waals surface area (Å²) in [5.41, 5.74) is 8.72. The normalized spacial score (nSPS) is 32.2. The van der Waals surface area contributed by atoms with E-state index >= 15 is 0 Å². The molecule has 0 aromatic heterocycles. The van der Waals surface area contributed by atoms with Crippen LogP contribution in [0.4, 0.5) is 0 Å². The Hall–Kier alpha value is -2.07. The van der Waals surface area contributed by atoms with Crippen LogP contribution in [0.15, 0.2) is 5.11 Å². The largest absolute Gasteiger partial charge is 0.463 e. The van der Waals surface area contributed by atoms with Crippen LogP contribution in [0.25, 0.3) is 10.4 Å². The zero-order valence-electron chi connectivity index (χ0n) is 13.0. The van der Waals surface area contributed by atoms with Gasteiger partial charge in [-0.25, -0.2) is 0 Å². The highest BCUT2D eigenvalue weighted by Gasteiger charge is 2.57. The van der Waals surface area contributed by atoms with Crippen LogP contribution in [0.3, 0.4) is 0 Å². The van der Waals surface area contributed by atoms with Gasteiger partial charge in [-0.05, 0) is 5.53 Å². The maximum absolute atomic E-state index is 11.3. The first-order chi connectivity index (χ1) is 11.1. The minimum atomic E-state index is -2.59. The third-order valence-corrected chi connectivity index (χ3v) is 3.22. The first-order valence-electron chi connectivity index (χ1n) is 6.69. The number of rotatable bonds is 5. The number of nitrogens with zero attached hydrogens (tertiary/aromatic N) is 3. The molecule has 1 aliphatic heterocycles. The molecule has 12 heteroatoms. The van der Waals surface area contributed by atoms with Crippen molar-refractivity contribution < 1.29 is 38.4 Å².